The molecule has 1 N–H and O–H groups in total. The van der Waals surface area contributed by atoms with Crippen LogP contribution in [0, 0.1) is 0 Å². The van der Waals surface area contributed by atoms with Crippen molar-refractivity contribution >= 4 is 0 Å². The molecule has 2 aromatic rings. The Bertz CT molecular complexity index is 392. The Labute approximate surface area is 103 Å². The fourth-order valence-corrected chi connectivity index (χ4v) is 2.05. The highest BCUT2D eigenvalue weighted by atomic mass is 14.9. The Hall–Kier alpha value is -1.57. The first-order valence-corrected chi connectivity index (χ1v) is 6.47. The fourth-order valence-electron chi connectivity index (χ4n) is 2.05. The van der Waals surface area contributed by atoms with Gasteiger partial charge in [-0.2, -0.15) is 0 Å². The molecule has 2 nitrogen and oxygen atoms in total. The number of hydrogen-bond acceptors (Lipinski definition) is 1. The second-order valence-corrected chi connectivity index (χ2v) is 4.44. The average molecular weight is 228 g/mol. The molecule has 1 aromatic carbocycles. The minimum atomic E-state index is 1.08. The van der Waals surface area contributed by atoms with E-state index in [-0.39, 0.29) is 0 Å². The van der Waals surface area contributed by atoms with Crippen molar-refractivity contribution in [1.82, 2.24) is 9.97 Å². The summed E-state index contributed by atoms with van der Waals surface area (Å²) in [6.45, 7) is 0. The maximum absolute atomic E-state index is 4.23. The third-order valence-corrected chi connectivity index (χ3v) is 3.03. The molecular formula is C15H20N2. The van der Waals surface area contributed by atoms with Crippen molar-refractivity contribution < 1.29 is 0 Å². The second-order valence-electron chi connectivity index (χ2n) is 4.44. The SMILES string of the molecule is c1ccc(CCCCCCc2ncc[nH]2)cc1. The molecule has 0 bridgehead atoms. The highest BCUT2D eigenvalue weighted by Crippen LogP contribution is 2.08. The molecule has 0 saturated carbocycles. The van der Waals surface area contributed by atoms with Crippen LogP contribution < -0.4 is 0 Å². The number of aryl methyl sites for hydroxylation is 2. The first kappa shape index (κ1) is 11.9. The van der Waals surface area contributed by atoms with Crippen LogP contribution in [0.4, 0.5) is 0 Å². The number of imidazole rings is 1. The molecule has 17 heavy (non-hydrogen) atoms. The van der Waals surface area contributed by atoms with Gasteiger partial charge in [-0.1, -0.05) is 43.2 Å². The van der Waals surface area contributed by atoms with E-state index in [1.807, 2.05) is 12.4 Å². The van der Waals surface area contributed by atoms with Gasteiger partial charge < -0.3 is 4.98 Å². The zero-order chi connectivity index (χ0) is 11.8. The molecule has 2 rings (SSSR count). The van der Waals surface area contributed by atoms with Gasteiger partial charge in [0.05, 0.1) is 0 Å². The first-order chi connectivity index (χ1) is 8.45. The summed E-state index contributed by atoms with van der Waals surface area (Å²) in [4.78, 5) is 7.37. The molecule has 0 saturated heterocycles. The fraction of sp³-hybridized carbons (Fsp3) is 0.400. The highest BCUT2D eigenvalue weighted by Gasteiger charge is 1.96. The lowest BCUT2D eigenvalue weighted by Crippen LogP contribution is -1.89. The van der Waals surface area contributed by atoms with Crippen LogP contribution in [0.3, 0.4) is 0 Å². The van der Waals surface area contributed by atoms with E-state index in [9.17, 15) is 0 Å². The number of nitrogens with zero attached hydrogens (tertiary/aromatic N) is 1. The van der Waals surface area contributed by atoms with E-state index >= 15 is 0 Å². The zero-order valence-corrected chi connectivity index (χ0v) is 10.2. The maximum atomic E-state index is 4.23. The van der Waals surface area contributed by atoms with Crippen LogP contribution in [0.25, 0.3) is 0 Å². The van der Waals surface area contributed by atoms with Crippen molar-refractivity contribution in [1.29, 1.82) is 0 Å². The van der Waals surface area contributed by atoms with E-state index in [0.717, 1.165) is 12.2 Å². The molecule has 0 aliphatic carbocycles. The number of aromatic nitrogens is 2. The summed E-state index contributed by atoms with van der Waals surface area (Å²) in [6, 6.07) is 10.7. The van der Waals surface area contributed by atoms with E-state index in [4.69, 9.17) is 0 Å². The Morgan fingerprint density at radius 3 is 2.35 bits per heavy atom. The van der Waals surface area contributed by atoms with Crippen LogP contribution in [-0.2, 0) is 12.8 Å². The summed E-state index contributed by atoms with van der Waals surface area (Å²) in [5.41, 5.74) is 1.46. The number of nitrogens with one attached hydrogen (secondary N) is 1. The predicted octanol–water partition coefficient (Wildman–Crippen LogP) is 3.76. The van der Waals surface area contributed by atoms with Gasteiger partial charge in [0.2, 0.25) is 0 Å². The molecule has 0 amide bonds. The van der Waals surface area contributed by atoms with Crippen LogP contribution >= 0.6 is 0 Å². The van der Waals surface area contributed by atoms with Gasteiger partial charge in [0.1, 0.15) is 5.82 Å². The number of unbranched alkanes of at least 4 members (excludes halogenated alkanes) is 3. The van der Waals surface area contributed by atoms with Crippen molar-refractivity contribution in [2.24, 2.45) is 0 Å². The number of hydrogen-bond donors (Lipinski definition) is 1. The molecule has 0 aliphatic rings. The lowest BCUT2D eigenvalue weighted by Gasteiger charge is -2.01. The summed E-state index contributed by atoms with van der Waals surface area (Å²) in [5.74, 6) is 1.12. The zero-order valence-electron chi connectivity index (χ0n) is 10.2. The first-order valence-electron chi connectivity index (χ1n) is 6.47. The third-order valence-electron chi connectivity index (χ3n) is 3.03. The molecule has 0 fully saturated rings. The van der Waals surface area contributed by atoms with Crippen molar-refractivity contribution in [3.63, 3.8) is 0 Å². The van der Waals surface area contributed by atoms with Crippen LogP contribution in [0.2, 0.25) is 0 Å². The normalized spacial score (nSPS) is 10.6. The number of rotatable bonds is 7. The second kappa shape index (κ2) is 6.89. The lowest BCUT2D eigenvalue weighted by molar-refractivity contribution is 0.632. The minimum absolute atomic E-state index is 1.08. The summed E-state index contributed by atoms with van der Waals surface area (Å²) in [5, 5.41) is 0. The third kappa shape index (κ3) is 4.43. The summed E-state index contributed by atoms with van der Waals surface area (Å²) >= 11 is 0. The van der Waals surface area contributed by atoms with Crippen molar-refractivity contribution in [3.8, 4) is 0 Å². The van der Waals surface area contributed by atoms with Crippen LogP contribution in [0.15, 0.2) is 42.7 Å². The predicted molar refractivity (Wildman–Crippen MR) is 70.9 cm³/mol. The van der Waals surface area contributed by atoms with E-state index in [1.54, 1.807) is 0 Å². The van der Waals surface area contributed by atoms with Crippen molar-refractivity contribution in [2.75, 3.05) is 0 Å². The van der Waals surface area contributed by atoms with Gasteiger partial charge >= 0.3 is 0 Å². The molecule has 90 valence electrons. The standard InChI is InChI=1S/C15H20N2/c1(2-7-11-15-16-12-13-17-15)4-8-14-9-5-3-6-10-14/h3,5-6,9-10,12-13H,1-2,4,7-8,11H2,(H,16,17). The summed E-state index contributed by atoms with van der Waals surface area (Å²) in [7, 11) is 0. The van der Waals surface area contributed by atoms with E-state index < -0.39 is 0 Å². The van der Waals surface area contributed by atoms with Crippen molar-refractivity contribution in [2.45, 2.75) is 38.5 Å². The molecule has 0 radical (unpaired) electrons. The average Bonchev–Trinajstić information content (AvgIpc) is 2.88. The Morgan fingerprint density at radius 1 is 0.882 bits per heavy atom. The van der Waals surface area contributed by atoms with E-state index in [0.29, 0.717) is 0 Å². The molecule has 2 heteroatoms. The van der Waals surface area contributed by atoms with Gasteiger partial charge in [-0.05, 0) is 24.8 Å². The van der Waals surface area contributed by atoms with Gasteiger partial charge in [0, 0.05) is 18.8 Å². The van der Waals surface area contributed by atoms with Crippen LogP contribution in [0.5, 0.6) is 0 Å². The van der Waals surface area contributed by atoms with Crippen LogP contribution in [0.1, 0.15) is 37.1 Å². The van der Waals surface area contributed by atoms with Crippen LogP contribution in [-0.4, -0.2) is 9.97 Å². The minimum Gasteiger partial charge on any atom is -0.349 e. The lowest BCUT2D eigenvalue weighted by atomic mass is 10.1. The maximum Gasteiger partial charge on any atom is 0.105 e. The molecule has 1 heterocycles. The topological polar surface area (TPSA) is 28.7 Å². The van der Waals surface area contributed by atoms with E-state index in [1.165, 1.54) is 37.7 Å². The molecule has 0 unspecified atom stereocenters. The monoisotopic (exact) mass is 228 g/mol. The molecule has 0 spiro atoms. The number of aromatic amines is 1. The smallest absolute Gasteiger partial charge is 0.105 e. The Balaban J connectivity index is 1.52. The number of benzene rings is 1. The van der Waals surface area contributed by atoms with Gasteiger partial charge in [-0.25, -0.2) is 4.98 Å². The van der Waals surface area contributed by atoms with Crippen molar-refractivity contribution in [3.05, 3.63) is 54.1 Å². The molecule has 0 atom stereocenters. The van der Waals surface area contributed by atoms with Gasteiger partial charge in [-0.3, -0.25) is 0 Å². The highest BCUT2D eigenvalue weighted by molar-refractivity contribution is 5.14. The Morgan fingerprint density at radius 2 is 1.65 bits per heavy atom. The molecule has 1 aromatic heterocycles. The summed E-state index contributed by atoms with van der Waals surface area (Å²) in [6.07, 6.45) is 11.2. The quantitative estimate of drug-likeness (QED) is 0.718. The van der Waals surface area contributed by atoms with Gasteiger partial charge in [-0.15, -0.1) is 0 Å². The number of H-pyrrole nitrogens is 1. The largest absolute Gasteiger partial charge is 0.349 e. The molecular weight excluding hydrogens is 208 g/mol. The summed E-state index contributed by atoms with van der Waals surface area (Å²) < 4.78 is 0. The Kier molecular flexibility index (Phi) is 4.83. The molecule has 0 aliphatic heterocycles. The van der Waals surface area contributed by atoms with E-state index in [2.05, 4.69) is 40.3 Å². The van der Waals surface area contributed by atoms with Gasteiger partial charge in [0.25, 0.3) is 0 Å². The van der Waals surface area contributed by atoms with Gasteiger partial charge in [0.15, 0.2) is 0 Å².